The van der Waals surface area contributed by atoms with Gasteiger partial charge in [0.15, 0.2) is 6.29 Å². The van der Waals surface area contributed by atoms with Crippen molar-refractivity contribution in [3.05, 3.63) is 0 Å². The quantitative estimate of drug-likeness (QED) is 0.606. The van der Waals surface area contributed by atoms with Crippen LogP contribution in [-0.2, 0) is 9.53 Å². The summed E-state index contributed by atoms with van der Waals surface area (Å²) in [6, 6.07) is 0. The topological polar surface area (TPSA) is 26.3 Å². The van der Waals surface area contributed by atoms with Crippen molar-refractivity contribution in [1.82, 2.24) is 0 Å². The van der Waals surface area contributed by atoms with Gasteiger partial charge in [-0.3, -0.25) is 0 Å². The van der Waals surface area contributed by atoms with E-state index in [0.717, 1.165) is 30.6 Å². The molecule has 11 heavy (non-hydrogen) atoms. The summed E-state index contributed by atoms with van der Waals surface area (Å²) in [7, 11) is 0. The summed E-state index contributed by atoms with van der Waals surface area (Å²) < 4.78 is 5.44. The van der Waals surface area contributed by atoms with E-state index < -0.39 is 5.60 Å². The molecule has 3 heteroatoms. The first-order valence-corrected chi connectivity index (χ1v) is 5.16. The predicted molar refractivity (Wildman–Crippen MR) is 47.0 cm³/mol. The van der Waals surface area contributed by atoms with Crippen LogP contribution in [0.4, 0.5) is 0 Å². The average Bonchev–Trinajstić information content (AvgIpc) is 2.07. The molecule has 0 N–H and O–H groups in total. The first-order valence-electron chi connectivity index (χ1n) is 4.01. The van der Waals surface area contributed by atoms with Crippen molar-refractivity contribution in [3.63, 3.8) is 0 Å². The first-order chi connectivity index (χ1) is 5.33. The van der Waals surface area contributed by atoms with Gasteiger partial charge < -0.3 is 9.53 Å². The van der Waals surface area contributed by atoms with Crippen molar-refractivity contribution in [2.24, 2.45) is 0 Å². The molecule has 1 fully saturated rings. The largest absolute Gasteiger partial charge is 0.368 e. The number of carbonyl (C=O) groups excluding carboxylic acids is 1. The van der Waals surface area contributed by atoms with Gasteiger partial charge in [-0.25, -0.2) is 0 Å². The van der Waals surface area contributed by atoms with Gasteiger partial charge in [-0.2, -0.15) is 11.8 Å². The zero-order valence-corrected chi connectivity index (χ0v) is 7.65. The fraction of sp³-hybridized carbons (Fsp3) is 0.875. The highest BCUT2D eigenvalue weighted by Crippen LogP contribution is 2.28. The first kappa shape index (κ1) is 9.07. The van der Waals surface area contributed by atoms with E-state index in [1.807, 2.05) is 18.7 Å². The fourth-order valence-electron chi connectivity index (χ4n) is 1.30. The Morgan fingerprint density at radius 1 is 1.55 bits per heavy atom. The Labute approximate surface area is 71.7 Å². The lowest BCUT2D eigenvalue weighted by Gasteiger charge is -2.31. The summed E-state index contributed by atoms with van der Waals surface area (Å²) in [5.74, 6) is 2.11. The molecule has 0 radical (unpaired) electrons. The third-order valence-electron chi connectivity index (χ3n) is 1.99. The maximum atomic E-state index is 10.7. The van der Waals surface area contributed by atoms with Crippen LogP contribution >= 0.6 is 11.8 Å². The standard InChI is InChI=1S/C8H14O2S/c1-2-10-8(7-9)3-5-11-6-4-8/h7H,2-6H2,1H3. The maximum absolute atomic E-state index is 10.7. The average molecular weight is 174 g/mol. The van der Waals surface area contributed by atoms with Crippen LogP contribution in [0.5, 0.6) is 0 Å². The summed E-state index contributed by atoms with van der Waals surface area (Å²) >= 11 is 1.90. The second-order valence-electron chi connectivity index (χ2n) is 2.73. The van der Waals surface area contributed by atoms with E-state index in [2.05, 4.69) is 0 Å². The van der Waals surface area contributed by atoms with E-state index in [1.54, 1.807) is 0 Å². The Morgan fingerprint density at radius 2 is 2.18 bits per heavy atom. The molecule has 64 valence electrons. The van der Waals surface area contributed by atoms with E-state index in [4.69, 9.17) is 4.74 Å². The molecular formula is C8H14O2S. The van der Waals surface area contributed by atoms with Gasteiger partial charge in [0.05, 0.1) is 0 Å². The minimum atomic E-state index is -0.431. The van der Waals surface area contributed by atoms with Gasteiger partial charge in [-0.15, -0.1) is 0 Å². The summed E-state index contributed by atoms with van der Waals surface area (Å²) in [4.78, 5) is 10.7. The molecule has 1 rings (SSSR count). The second kappa shape index (κ2) is 4.12. The van der Waals surface area contributed by atoms with Crippen molar-refractivity contribution in [2.45, 2.75) is 25.4 Å². The van der Waals surface area contributed by atoms with Gasteiger partial charge in [0, 0.05) is 6.61 Å². The molecule has 0 aromatic heterocycles. The van der Waals surface area contributed by atoms with E-state index >= 15 is 0 Å². The third-order valence-corrected chi connectivity index (χ3v) is 2.97. The Bertz CT molecular complexity index is 125. The molecule has 0 saturated carbocycles. The van der Waals surface area contributed by atoms with Gasteiger partial charge in [-0.1, -0.05) is 0 Å². The molecular weight excluding hydrogens is 160 g/mol. The maximum Gasteiger partial charge on any atom is 0.151 e. The smallest absolute Gasteiger partial charge is 0.151 e. The molecule has 0 aromatic rings. The fourth-order valence-corrected chi connectivity index (χ4v) is 2.48. The molecule has 0 amide bonds. The number of hydrogen-bond acceptors (Lipinski definition) is 3. The lowest BCUT2D eigenvalue weighted by Crippen LogP contribution is -2.38. The SMILES string of the molecule is CCOC1(C=O)CCSCC1. The van der Waals surface area contributed by atoms with Crippen LogP contribution in [0.1, 0.15) is 19.8 Å². The zero-order valence-electron chi connectivity index (χ0n) is 6.84. The third kappa shape index (κ3) is 2.20. The van der Waals surface area contributed by atoms with Crippen molar-refractivity contribution >= 4 is 18.0 Å². The van der Waals surface area contributed by atoms with Crippen molar-refractivity contribution < 1.29 is 9.53 Å². The Kier molecular flexibility index (Phi) is 3.40. The normalized spacial score (nSPS) is 23.0. The summed E-state index contributed by atoms with van der Waals surface area (Å²) in [6.07, 6.45) is 2.75. The van der Waals surface area contributed by atoms with Crippen LogP contribution in [0.2, 0.25) is 0 Å². The van der Waals surface area contributed by atoms with Crippen LogP contribution < -0.4 is 0 Å². The van der Waals surface area contributed by atoms with E-state index in [1.165, 1.54) is 0 Å². The van der Waals surface area contributed by atoms with E-state index in [-0.39, 0.29) is 0 Å². The monoisotopic (exact) mass is 174 g/mol. The second-order valence-corrected chi connectivity index (χ2v) is 3.95. The lowest BCUT2D eigenvalue weighted by atomic mass is 9.99. The minimum Gasteiger partial charge on any atom is -0.368 e. The number of ether oxygens (including phenoxy) is 1. The minimum absolute atomic E-state index is 0.431. The lowest BCUT2D eigenvalue weighted by molar-refractivity contribution is -0.131. The number of aldehydes is 1. The molecule has 1 aliphatic heterocycles. The molecule has 0 atom stereocenters. The highest BCUT2D eigenvalue weighted by Gasteiger charge is 2.32. The van der Waals surface area contributed by atoms with Crippen molar-refractivity contribution in [2.75, 3.05) is 18.1 Å². The van der Waals surface area contributed by atoms with Crippen LogP contribution in [0.25, 0.3) is 0 Å². The molecule has 0 unspecified atom stereocenters. The van der Waals surface area contributed by atoms with Gasteiger partial charge in [-0.05, 0) is 31.3 Å². The van der Waals surface area contributed by atoms with Gasteiger partial charge in [0.1, 0.15) is 5.60 Å². The van der Waals surface area contributed by atoms with E-state index in [9.17, 15) is 4.79 Å². The Morgan fingerprint density at radius 3 is 2.64 bits per heavy atom. The molecule has 1 saturated heterocycles. The van der Waals surface area contributed by atoms with E-state index in [0.29, 0.717) is 6.61 Å². The number of rotatable bonds is 3. The molecule has 0 spiro atoms. The molecule has 2 nitrogen and oxygen atoms in total. The molecule has 0 bridgehead atoms. The zero-order chi connectivity index (χ0) is 8.16. The molecule has 1 heterocycles. The van der Waals surface area contributed by atoms with Crippen molar-refractivity contribution in [1.29, 1.82) is 0 Å². The van der Waals surface area contributed by atoms with Gasteiger partial charge in [0.2, 0.25) is 0 Å². The summed E-state index contributed by atoms with van der Waals surface area (Å²) in [5.41, 5.74) is -0.431. The number of carbonyl (C=O) groups is 1. The Balaban J connectivity index is 2.49. The van der Waals surface area contributed by atoms with Gasteiger partial charge in [0.25, 0.3) is 0 Å². The molecule has 1 aliphatic rings. The van der Waals surface area contributed by atoms with Crippen LogP contribution in [0.3, 0.4) is 0 Å². The van der Waals surface area contributed by atoms with Crippen LogP contribution in [0.15, 0.2) is 0 Å². The summed E-state index contributed by atoms with van der Waals surface area (Å²) in [6.45, 7) is 2.58. The van der Waals surface area contributed by atoms with Crippen LogP contribution in [-0.4, -0.2) is 30.0 Å². The van der Waals surface area contributed by atoms with Gasteiger partial charge >= 0.3 is 0 Å². The number of hydrogen-bond donors (Lipinski definition) is 0. The predicted octanol–water partition coefficient (Wildman–Crippen LogP) is 1.49. The highest BCUT2D eigenvalue weighted by molar-refractivity contribution is 7.99. The van der Waals surface area contributed by atoms with Crippen LogP contribution in [0, 0.1) is 0 Å². The highest BCUT2D eigenvalue weighted by atomic mass is 32.2. The molecule has 0 aromatic carbocycles. The number of thioether (sulfide) groups is 1. The van der Waals surface area contributed by atoms with Crippen molar-refractivity contribution in [3.8, 4) is 0 Å². The summed E-state index contributed by atoms with van der Waals surface area (Å²) in [5, 5.41) is 0. The molecule has 0 aliphatic carbocycles. The Hall–Kier alpha value is -0.0200.